The summed E-state index contributed by atoms with van der Waals surface area (Å²) in [4.78, 5) is 11.6. The number of carbonyl (C=O) groups is 1. The summed E-state index contributed by atoms with van der Waals surface area (Å²) in [6.07, 6.45) is 0. The first-order valence-electron chi connectivity index (χ1n) is 5.54. The number of rotatable bonds is 2. The fourth-order valence-electron chi connectivity index (χ4n) is 1.83. The van der Waals surface area contributed by atoms with Gasteiger partial charge in [0.1, 0.15) is 5.82 Å². The van der Waals surface area contributed by atoms with Crippen molar-refractivity contribution in [2.24, 2.45) is 0 Å². The van der Waals surface area contributed by atoms with E-state index in [4.69, 9.17) is 11.6 Å². The molecule has 1 aromatic carbocycles. The van der Waals surface area contributed by atoms with Crippen LogP contribution in [0.4, 0.5) is 14.9 Å². The smallest absolute Gasteiger partial charge is 0.319 e. The van der Waals surface area contributed by atoms with Gasteiger partial charge in [0.25, 0.3) is 0 Å². The topological polar surface area (TPSA) is 75.3 Å². The molecule has 2 unspecified atom stereocenters. The van der Waals surface area contributed by atoms with Crippen LogP contribution in [0.25, 0.3) is 0 Å². The molecule has 0 aromatic heterocycles. The lowest BCUT2D eigenvalue weighted by Gasteiger charge is -2.15. The second kappa shape index (κ2) is 5.34. The molecule has 1 fully saturated rings. The number of benzene rings is 1. The van der Waals surface area contributed by atoms with Gasteiger partial charge >= 0.3 is 6.03 Å². The van der Waals surface area contributed by atoms with Crippen molar-refractivity contribution in [2.45, 2.75) is 11.4 Å². The van der Waals surface area contributed by atoms with Crippen LogP contribution >= 0.6 is 11.6 Å². The molecule has 5 nitrogen and oxygen atoms in total. The average molecular weight is 307 g/mol. The largest absolute Gasteiger partial charge is 0.333 e. The maximum absolute atomic E-state index is 13.3. The Balaban J connectivity index is 1.98. The molecule has 0 spiro atoms. The van der Waals surface area contributed by atoms with Crippen molar-refractivity contribution in [3.05, 3.63) is 30.1 Å². The van der Waals surface area contributed by atoms with Gasteiger partial charge in [-0.05, 0) is 12.1 Å². The SMILES string of the molecule is O=C(Nc1ccccc1F)NC1CS(=O)(=O)CC1Cl. The molecule has 0 radical (unpaired) electrons. The molecule has 0 saturated carbocycles. The van der Waals surface area contributed by atoms with E-state index < -0.39 is 33.1 Å². The predicted molar refractivity (Wildman–Crippen MR) is 70.6 cm³/mol. The Labute approximate surface area is 115 Å². The van der Waals surface area contributed by atoms with Crippen LogP contribution in [0.3, 0.4) is 0 Å². The summed E-state index contributed by atoms with van der Waals surface area (Å²) in [5.74, 6) is -0.940. The summed E-state index contributed by atoms with van der Waals surface area (Å²) < 4.78 is 36.0. The molecule has 2 amide bonds. The molecular formula is C11H12ClFN2O3S. The van der Waals surface area contributed by atoms with Crippen LogP contribution in [0.5, 0.6) is 0 Å². The molecule has 0 bridgehead atoms. The fourth-order valence-corrected chi connectivity index (χ4v) is 4.38. The van der Waals surface area contributed by atoms with Gasteiger partial charge < -0.3 is 10.6 Å². The zero-order chi connectivity index (χ0) is 14.0. The van der Waals surface area contributed by atoms with Crippen molar-refractivity contribution in [2.75, 3.05) is 16.8 Å². The van der Waals surface area contributed by atoms with Gasteiger partial charge in [0.05, 0.1) is 28.6 Å². The Hall–Kier alpha value is -1.34. The van der Waals surface area contributed by atoms with Crippen molar-refractivity contribution >= 4 is 33.2 Å². The number of carbonyl (C=O) groups excluding carboxylic acids is 1. The second-order valence-corrected chi connectivity index (χ2v) is 6.99. The van der Waals surface area contributed by atoms with E-state index in [-0.39, 0.29) is 17.2 Å². The summed E-state index contributed by atoms with van der Waals surface area (Å²) >= 11 is 5.85. The first-order chi connectivity index (χ1) is 8.87. The Morgan fingerprint density at radius 1 is 1.32 bits per heavy atom. The van der Waals surface area contributed by atoms with Crippen molar-refractivity contribution in [3.8, 4) is 0 Å². The zero-order valence-corrected chi connectivity index (χ0v) is 11.3. The maximum Gasteiger partial charge on any atom is 0.319 e. The van der Waals surface area contributed by atoms with Gasteiger partial charge in [0.15, 0.2) is 9.84 Å². The van der Waals surface area contributed by atoms with Gasteiger partial charge in [-0.3, -0.25) is 0 Å². The molecule has 19 heavy (non-hydrogen) atoms. The van der Waals surface area contributed by atoms with Crippen molar-refractivity contribution in [1.29, 1.82) is 0 Å². The Bertz CT molecular complexity index is 593. The van der Waals surface area contributed by atoms with E-state index in [1.165, 1.54) is 18.2 Å². The van der Waals surface area contributed by atoms with Crippen LogP contribution in [0.1, 0.15) is 0 Å². The highest BCUT2D eigenvalue weighted by Gasteiger charge is 2.37. The van der Waals surface area contributed by atoms with E-state index in [0.717, 1.165) is 0 Å². The van der Waals surface area contributed by atoms with Gasteiger partial charge in [-0.1, -0.05) is 12.1 Å². The minimum absolute atomic E-state index is 0.0203. The third-order valence-electron chi connectivity index (χ3n) is 2.72. The summed E-state index contributed by atoms with van der Waals surface area (Å²) in [6.45, 7) is 0. The lowest BCUT2D eigenvalue weighted by atomic mass is 10.2. The molecule has 2 rings (SSSR count). The first-order valence-corrected chi connectivity index (χ1v) is 7.80. The normalized spacial score (nSPS) is 24.9. The van der Waals surface area contributed by atoms with E-state index in [1.807, 2.05) is 0 Å². The molecule has 1 aromatic rings. The third-order valence-corrected chi connectivity index (χ3v) is 5.10. The van der Waals surface area contributed by atoms with E-state index >= 15 is 0 Å². The van der Waals surface area contributed by atoms with Gasteiger partial charge in [0, 0.05) is 0 Å². The number of anilines is 1. The molecule has 0 aliphatic carbocycles. The Morgan fingerprint density at radius 3 is 2.58 bits per heavy atom. The number of halogens is 2. The molecule has 2 N–H and O–H groups in total. The van der Waals surface area contributed by atoms with Crippen molar-refractivity contribution < 1.29 is 17.6 Å². The van der Waals surface area contributed by atoms with E-state index in [2.05, 4.69) is 10.6 Å². The molecule has 1 heterocycles. The lowest BCUT2D eigenvalue weighted by Crippen LogP contribution is -2.43. The monoisotopic (exact) mass is 306 g/mol. The maximum atomic E-state index is 13.3. The van der Waals surface area contributed by atoms with E-state index in [1.54, 1.807) is 6.07 Å². The molecule has 8 heteroatoms. The minimum atomic E-state index is -3.22. The van der Waals surface area contributed by atoms with Crippen molar-refractivity contribution in [3.63, 3.8) is 0 Å². The van der Waals surface area contributed by atoms with Crippen LogP contribution in [-0.2, 0) is 9.84 Å². The highest BCUT2D eigenvalue weighted by molar-refractivity contribution is 7.91. The predicted octanol–water partition coefficient (Wildman–Crippen LogP) is 1.35. The second-order valence-electron chi connectivity index (χ2n) is 4.28. The van der Waals surface area contributed by atoms with E-state index in [0.29, 0.717) is 0 Å². The Kier molecular flexibility index (Phi) is 3.96. The first kappa shape index (κ1) is 14.1. The van der Waals surface area contributed by atoms with Gasteiger partial charge in [-0.2, -0.15) is 0 Å². The zero-order valence-electron chi connectivity index (χ0n) is 9.77. The summed E-state index contributed by atoms with van der Waals surface area (Å²) in [6, 6.07) is 4.33. The fraction of sp³-hybridized carbons (Fsp3) is 0.364. The molecule has 1 aliphatic rings. The van der Waals surface area contributed by atoms with E-state index in [9.17, 15) is 17.6 Å². The number of sulfone groups is 1. The highest BCUT2D eigenvalue weighted by Crippen LogP contribution is 2.18. The van der Waals surface area contributed by atoms with Gasteiger partial charge in [-0.15, -0.1) is 11.6 Å². The number of para-hydroxylation sites is 1. The highest BCUT2D eigenvalue weighted by atomic mass is 35.5. The number of urea groups is 1. The summed E-state index contributed by atoms with van der Waals surface area (Å²) in [5, 5.41) is 4.07. The number of nitrogens with one attached hydrogen (secondary N) is 2. The Morgan fingerprint density at radius 2 is 2.00 bits per heavy atom. The van der Waals surface area contributed by atoms with Crippen molar-refractivity contribution in [1.82, 2.24) is 5.32 Å². The van der Waals surface area contributed by atoms with Crippen LogP contribution in [0.2, 0.25) is 0 Å². The van der Waals surface area contributed by atoms with Crippen LogP contribution < -0.4 is 10.6 Å². The quantitative estimate of drug-likeness (QED) is 0.810. The summed E-state index contributed by atoms with van der Waals surface area (Å²) in [5.41, 5.74) is 0.0203. The van der Waals surface area contributed by atoms with Crippen LogP contribution in [0, 0.1) is 5.82 Å². The third kappa shape index (κ3) is 3.57. The standard InChI is InChI=1S/C11H12ClFN2O3S/c12-7-5-19(17,18)6-10(7)15-11(16)14-9-4-2-1-3-8(9)13/h1-4,7,10H,5-6H2,(H2,14,15,16). The molecule has 104 valence electrons. The molecule has 2 atom stereocenters. The molecule has 1 saturated heterocycles. The lowest BCUT2D eigenvalue weighted by molar-refractivity contribution is 0.249. The number of alkyl halides is 1. The van der Waals surface area contributed by atoms with Gasteiger partial charge in [-0.25, -0.2) is 17.6 Å². The van der Waals surface area contributed by atoms with Crippen LogP contribution in [-0.4, -0.2) is 37.4 Å². The summed E-state index contributed by atoms with van der Waals surface area (Å²) in [7, 11) is -3.22. The molecular weight excluding hydrogens is 295 g/mol. The number of amides is 2. The van der Waals surface area contributed by atoms with Crippen LogP contribution in [0.15, 0.2) is 24.3 Å². The molecule has 1 aliphatic heterocycles. The minimum Gasteiger partial charge on any atom is -0.333 e. The van der Waals surface area contributed by atoms with Gasteiger partial charge in [0.2, 0.25) is 0 Å². The number of hydrogen-bond acceptors (Lipinski definition) is 3. The number of hydrogen-bond donors (Lipinski definition) is 2. The average Bonchev–Trinajstić information content (AvgIpc) is 2.55.